The zero-order valence-corrected chi connectivity index (χ0v) is 21.4. The van der Waals surface area contributed by atoms with Gasteiger partial charge in [0.05, 0.1) is 11.1 Å². The number of hydrogen-bond acceptors (Lipinski definition) is 4. The van der Waals surface area contributed by atoms with E-state index < -0.39 is 29.0 Å². The number of fused-ring (bicyclic) bond motifs is 1. The summed E-state index contributed by atoms with van der Waals surface area (Å²) in [6, 6.07) is 33.1. The minimum atomic E-state index is -1.29. The zero-order chi connectivity index (χ0) is 26.0. The molecule has 4 aromatic rings. The number of hydrogen-bond donors (Lipinski definition) is 0. The van der Waals surface area contributed by atoms with Crippen LogP contribution in [0.5, 0.6) is 0 Å². The summed E-state index contributed by atoms with van der Waals surface area (Å²) in [5, 5.41) is 0. The van der Waals surface area contributed by atoms with Gasteiger partial charge < -0.3 is 9.47 Å². The number of ether oxygens (including phenoxy) is 2. The maximum absolute atomic E-state index is 13.4. The van der Waals surface area contributed by atoms with E-state index in [-0.39, 0.29) is 5.92 Å². The summed E-state index contributed by atoms with van der Waals surface area (Å²) in [5.41, 5.74) is 4.32. The van der Waals surface area contributed by atoms with Crippen LogP contribution in [0.25, 0.3) is 0 Å². The van der Waals surface area contributed by atoms with Crippen LogP contribution < -0.4 is 0 Å². The fraction of sp³-hybridized carbons (Fsp3) is 0.188. The van der Waals surface area contributed by atoms with Crippen LogP contribution in [0.2, 0.25) is 0 Å². The number of rotatable bonds is 5. The van der Waals surface area contributed by atoms with E-state index in [4.69, 9.17) is 21.1 Å². The molecule has 1 aliphatic rings. The third-order valence-electron chi connectivity index (χ3n) is 7.06. The number of esters is 2. The molecule has 4 aromatic carbocycles. The van der Waals surface area contributed by atoms with E-state index in [1.807, 2.05) is 74.5 Å². The summed E-state index contributed by atoms with van der Waals surface area (Å²) in [4.78, 5) is 25.4. The highest BCUT2D eigenvalue weighted by Gasteiger charge is 2.56. The second-order valence-corrected chi connectivity index (χ2v) is 9.93. The highest BCUT2D eigenvalue weighted by molar-refractivity contribution is 6.27. The molecule has 0 N–H and O–H groups in total. The molecule has 5 rings (SSSR count). The van der Waals surface area contributed by atoms with Crippen molar-refractivity contribution < 1.29 is 19.1 Å². The van der Waals surface area contributed by atoms with Crippen molar-refractivity contribution in [2.45, 2.75) is 36.8 Å². The van der Waals surface area contributed by atoms with Gasteiger partial charge in [0.1, 0.15) is 11.0 Å². The first-order valence-corrected chi connectivity index (χ1v) is 12.7. The molecule has 0 fully saturated rings. The highest BCUT2D eigenvalue weighted by atomic mass is 35.5. The molecule has 0 spiro atoms. The molecule has 0 aromatic heterocycles. The van der Waals surface area contributed by atoms with Crippen LogP contribution in [0.15, 0.2) is 109 Å². The van der Waals surface area contributed by atoms with Crippen LogP contribution in [0.4, 0.5) is 0 Å². The fourth-order valence-corrected chi connectivity index (χ4v) is 5.71. The average Bonchev–Trinajstić information content (AvgIpc) is 2.94. The molecule has 0 saturated carbocycles. The maximum Gasteiger partial charge on any atom is 0.338 e. The minimum absolute atomic E-state index is 0.284. The second kappa shape index (κ2) is 10.2. The molecule has 0 amide bonds. The van der Waals surface area contributed by atoms with Crippen molar-refractivity contribution in [2.24, 2.45) is 0 Å². The first kappa shape index (κ1) is 24.8. The molecule has 0 saturated heterocycles. The summed E-state index contributed by atoms with van der Waals surface area (Å²) in [6.45, 7) is 3.95. The van der Waals surface area contributed by atoms with Gasteiger partial charge in [-0.3, -0.25) is 0 Å². The lowest BCUT2D eigenvalue weighted by Crippen LogP contribution is -2.54. The quantitative estimate of drug-likeness (QED) is 0.213. The highest BCUT2D eigenvalue weighted by Crippen LogP contribution is 2.52. The minimum Gasteiger partial charge on any atom is -0.454 e. The number of carbonyl (C=O) groups excluding carboxylic acids is 2. The lowest BCUT2D eigenvalue weighted by atomic mass is 9.69. The third-order valence-corrected chi connectivity index (χ3v) is 7.68. The predicted molar refractivity (Wildman–Crippen MR) is 144 cm³/mol. The molecule has 186 valence electrons. The topological polar surface area (TPSA) is 52.6 Å². The SMILES string of the molecule is Cc1ccccc1C1(Cl)c2ccccc2C(C)C(OC(=O)c2ccccc2)C1OC(=O)c1ccccc1. The Labute approximate surface area is 221 Å². The van der Waals surface area contributed by atoms with E-state index in [0.717, 1.165) is 22.3 Å². The summed E-state index contributed by atoms with van der Waals surface area (Å²) in [6.07, 6.45) is -1.84. The van der Waals surface area contributed by atoms with Crippen LogP contribution in [0.1, 0.15) is 55.8 Å². The lowest BCUT2D eigenvalue weighted by molar-refractivity contribution is -0.0592. The Kier molecular flexibility index (Phi) is 6.86. The molecule has 0 bridgehead atoms. The van der Waals surface area contributed by atoms with Gasteiger partial charge in [-0.25, -0.2) is 9.59 Å². The van der Waals surface area contributed by atoms with Gasteiger partial charge in [-0.1, -0.05) is 91.9 Å². The normalized spacial score (nSPS) is 22.5. The molecule has 0 heterocycles. The van der Waals surface area contributed by atoms with E-state index in [1.165, 1.54) is 0 Å². The van der Waals surface area contributed by atoms with E-state index in [0.29, 0.717) is 11.1 Å². The summed E-state index contributed by atoms with van der Waals surface area (Å²) in [5.74, 6) is -1.31. The molecule has 0 aliphatic heterocycles. The average molecular weight is 511 g/mol. The molecule has 5 heteroatoms. The molecular weight excluding hydrogens is 484 g/mol. The molecule has 4 nitrogen and oxygen atoms in total. The van der Waals surface area contributed by atoms with Gasteiger partial charge in [-0.2, -0.15) is 0 Å². The summed E-state index contributed by atoms with van der Waals surface area (Å²) >= 11 is 7.65. The molecule has 0 radical (unpaired) electrons. The Hall–Kier alpha value is -3.89. The number of aryl methyl sites for hydroxylation is 1. The second-order valence-electron chi connectivity index (χ2n) is 9.33. The molecule has 4 atom stereocenters. The molecule has 1 aliphatic carbocycles. The van der Waals surface area contributed by atoms with Gasteiger partial charge in [0, 0.05) is 5.92 Å². The first-order chi connectivity index (χ1) is 17.9. The van der Waals surface area contributed by atoms with Gasteiger partial charge in [0.15, 0.2) is 6.10 Å². The van der Waals surface area contributed by atoms with E-state index in [2.05, 4.69) is 0 Å². The van der Waals surface area contributed by atoms with Crippen molar-refractivity contribution in [3.8, 4) is 0 Å². The molecule has 4 unspecified atom stereocenters. The Morgan fingerprint density at radius 3 is 1.76 bits per heavy atom. The zero-order valence-electron chi connectivity index (χ0n) is 20.6. The Bertz CT molecular complexity index is 1420. The van der Waals surface area contributed by atoms with Crippen LogP contribution in [0.3, 0.4) is 0 Å². The van der Waals surface area contributed by atoms with Gasteiger partial charge >= 0.3 is 11.9 Å². The largest absolute Gasteiger partial charge is 0.454 e. The number of halogens is 1. The van der Waals surface area contributed by atoms with Gasteiger partial charge in [-0.05, 0) is 53.4 Å². The van der Waals surface area contributed by atoms with Crippen molar-refractivity contribution in [3.05, 3.63) is 143 Å². The Morgan fingerprint density at radius 1 is 0.676 bits per heavy atom. The summed E-state index contributed by atoms with van der Waals surface area (Å²) < 4.78 is 12.4. The smallest absolute Gasteiger partial charge is 0.338 e. The van der Waals surface area contributed by atoms with E-state index in [9.17, 15) is 9.59 Å². The first-order valence-electron chi connectivity index (χ1n) is 12.3. The van der Waals surface area contributed by atoms with Crippen LogP contribution in [-0.4, -0.2) is 24.1 Å². The molecular formula is C32H27ClO4. The maximum atomic E-state index is 13.4. The van der Waals surface area contributed by atoms with Crippen molar-refractivity contribution >= 4 is 23.5 Å². The van der Waals surface area contributed by atoms with Crippen molar-refractivity contribution in [2.75, 3.05) is 0 Å². The number of benzene rings is 4. The van der Waals surface area contributed by atoms with Crippen LogP contribution in [-0.2, 0) is 14.3 Å². The Balaban J connectivity index is 1.67. The fourth-order valence-electron chi connectivity index (χ4n) is 5.16. The third kappa shape index (κ3) is 4.54. The van der Waals surface area contributed by atoms with E-state index in [1.54, 1.807) is 48.5 Å². The van der Waals surface area contributed by atoms with E-state index >= 15 is 0 Å². The predicted octanol–water partition coefficient (Wildman–Crippen LogP) is 7.05. The van der Waals surface area contributed by atoms with Crippen molar-refractivity contribution in [3.63, 3.8) is 0 Å². The Morgan fingerprint density at radius 2 is 1.16 bits per heavy atom. The monoisotopic (exact) mass is 510 g/mol. The summed E-state index contributed by atoms with van der Waals surface area (Å²) in [7, 11) is 0. The van der Waals surface area contributed by atoms with Gasteiger partial charge in [0.25, 0.3) is 0 Å². The van der Waals surface area contributed by atoms with Crippen molar-refractivity contribution in [1.82, 2.24) is 0 Å². The standard InChI is InChI=1S/C32H27ClO4/c1-21-13-9-11-19-26(21)32(33)27-20-12-10-18-25(27)22(2)28(36-30(34)23-14-5-3-6-15-23)29(32)37-31(35)24-16-7-4-8-17-24/h3-20,22,28-29H,1-2H3. The van der Waals surface area contributed by atoms with Gasteiger partial charge in [0.2, 0.25) is 0 Å². The molecule has 37 heavy (non-hydrogen) atoms. The number of alkyl halides is 1. The van der Waals surface area contributed by atoms with Gasteiger partial charge in [-0.15, -0.1) is 11.6 Å². The number of carbonyl (C=O) groups is 2. The lowest BCUT2D eigenvalue weighted by Gasteiger charge is -2.47. The van der Waals surface area contributed by atoms with Crippen molar-refractivity contribution in [1.29, 1.82) is 0 Å². The van der Waals surface area contributed by atoms with Crippen LogP contribution in [0, 0.1) is 6.92 Å². The van der Waals surface area contributed by atoms with Crippen LogP contribution >= 0.6 is 11.6 Å².